The molecule has 5 nitrogen and oxygen atoms in total. The molecule has 10 heteroatoms. The van der Waals surface area contributed by atoms with E-state index in [4.69, 9.17) is 4.74 Å². The second-order valence-corrected chi connectivity index (χ2v) is 8.97. The molecule has 1 saturated heterocycles. The van der Waals surface area contributed by atoms with Crippen LogP contribution in [0.1, 0.15) is 26.7 Å². The van der Waals surface area contributed by atoms with Gasteiger partial charge in [-0.15, -0.1) is 0 Å². The topological polar surface area (TPSA) is 63.7 Å². The van der Waals surface area contributed by atoms with E-state index in [1.807, 2.05) is 0 Å². The zero-order valence-electron chi connectivity index (χ0n) is 15.1. The van der Waals surface area contributed by atoms with Gasteiger partial charge in [0.25, 0.3) is 9.84 Å². The van der Waals surface area contributed by atoms with Gasteiger partial charge in [-0.3, -0.25) is 4.79 Å². The highest BCUT2D eigenvalue weighted by molar-refractivity contribution is 7.92. The molecule has 0 spiro atoms. The highest BCUT2D eigenvalue weighted by Crippen LogP contribution is 2.40. The smallest absolute Gasteiger partial charge is 0.469 e. The molecular formula is C17H21F4NO4S. The van der Waals surface area contributed by atoms with Gasteiger partial charge in [0.05, 0.1) is 18.2 Å². The van der Waals surface area contributed by atoms with Gasteiger partial charge < -0.3 is 9.64 Å². The minimum Gasteiger partial charge on any atom is -0.469 e. The summed E-state index contributed by atoms with van der Waals surface area (Å²) in [7, 11) is -4.48. The third-order valence-electron chi connectivity index (χ3n) is 5.01. The van der Waals surface area contributed by atoms with Crippen molar-refractivity contribution in [3.8, 4) is 0 Å². The summed E-state index contributed by atoms with van der Waals surface area (Å²) in [6.45, 7) is 3.78. The van der Waals surface area contributed by atoms with Crippen molar-refractivity contribution in [2.75, 3.05) is 25.1 Å². The fourth-order valence-corrected chi connectivity index (χ4v) is 4.29. The van der Waals surface area contributed by atoms with Gasteiger partial charge in [-0.2, -0.15) is 13.2 Å². The van der Waals surface area contributed by atoms with Crippen LogP contribution in [0.15, 0.2) is 23.1 Å². The second kappa shape index (κ2) is 7.29. The lowest BCUT2D eigenvalue weighted by atomic mass is 9.74. The van der Waals surface area contributed by atoms with Crippen molar-refractivity contribution in [1.82, 2.24) is 0 Å². The van der Waals surface area contributed by atoms with Crippen LogP contribution in [0.25, 0.3) is 0 Å². The first-order chi connectivity index (χ1) is 12.3. The third-order valence-corrected chi connectivity index (χ3v) is 6.53. The third kappa shape index (κ3) is 4.04. The molecule has 1 fully saturated rings. The summed E-state index contributed by atoms with van der Waals surface area (Å²) in [5, 5.41) is 0. The Kier molecular flexibility index (Phi) is 5.79. The van der Waals surface area contributed by atoms with E-state index in [-0.39, 0.29) is 18.2 Å². The first-order valence-electron chi connectivity index (χ1n) is 8.26. The zero-order valence-corrected chi connectivity index (χ0v) is 16.0. The number of methoxy groups -OCH3 is 1. The minimum atomic E-state index is -5.73. The van der Waals surface area contributed by atoms with Gasteiger partial charge in [0, 0.05) is 13.1 Å². The van der Waals surface area contributed by atoms with Gasteiger partial charge in [-0.05, 0) is 50.8 Å². The van der Waals surface area contributed by atoms with Crippen LogP contribution in [0.2, 0.25) is 0 Å². The molecule has 1 heterocycles. The number of esters is 1. The Morgan fingerprint density at radius 1 is 1.26 bits per heavy atom. The number of carbonyl (C=O) groups excluding carboxylic acids is 1. The van der Waals surface area contributed by atoms with E-state index < -0.39 is 37.4 Å². The fraction of sp³-hybridized carbons (Fsp3) is 0.588. The first kappa shape index (κ1) is 21.5. The summed E-state index contributed by atoms with van der Waals surface area (Å²) in [4.78, 5) is 12.4. The molecule has 27 heavy (non-hydrogen) atoms. The van der Waals surface area contributed by atoms with E-state index in [0.717, 1.165) is 12.1 Å². The number of sulfone groups is 1. The number of ether oxygens (including phenoxy) is 1. The molecule has 0 aromatic heterocycles. The van der Waals surface area contributed by atoms with Crippen LogP contribution in [-0.4, -0.2) is 40.1 Å². The average Bonchev–Trinajstić information content (AvgIpc) is 2.60. The van der Waals surface area contributed by atoms with Crippen LogP contribution in [0.4, 0.5) is 23.2 Å². The second-order valence-electron chi connectivity index (χ2n) is 7.06. The number of benzene rings is 1. The summed E-state index contributed by atoms with van der Waals surface area (Å²) in [6.07, 6.45) is 1.16. The number of nitrogens with zero attached hydrogens (tertiary/aromatic N) is 1. The number of hydrogen-bond acceptors (Lipinski definition) is 5. The molecule has 0 bridgehead atoms. The number of halogens is 4. The molecule has 152 valence electrons. The Hall–Kier alpha value is -1.84. The normalized spacial score (nSPS) is 19.1. The van der Waals surface area contributed by atoms with Gasteiger partial charge in [0.1, 0.15) is 10.7 Å². The first-order valence-corrected chi connectivity index (χ1v) is 9.75. The molecule has 1 unspecified atom stereocenters. The lowest BCUT2D eigenvalue weighted by Crippen LogP contribution is -2.45. The fourth-order valence-electron chi connectivity index (χ4n) is 3.30. The van der Waals surface area contributed by atoms with Crippen LogP contribution in [0.5, 0.6) is 0 Å². The maximum absolute atomic E-state index is 13.5. The molecule has 0 aliphatic carbocycles. The molecule has 0 saturated carbocycles. The predicted octanol–water partition coefficient (Wildman–Crippen LogP) is 3.53. The van der Waals surface area contributed by atoms with Crippen LogP contribution >= 0.6 is 0 Å². The molecule has 1 aromatic rings. The summed E-state index contributed by atoms with van der Waals surface area (Å²) in [5.41, 5.74) is -6.67. The Balaban J connectivity index is 2.46. The Bertz CT molecular complexity index is 821. The van der Waals surface area contributed by atoms with Crippen LogP contribution < -0.4 is 4.90 Å². The molecule has 0 amide bonds. The van der Waals surface area contributed by atoms with Gasteiger partial charge in [-0.25, -0.2) is 12.8 Å². The monoisotopic (exact) mass is 411 g/mol. The summed E-state index contributed by atoms with van der Waals surface area (Å²) in [6, 6.07) is 2.33. The number of anilines is 1. The molecule has 1 aliphatic rings. The van der Waals surface area contributed by atoms with Crippen molar-refractivity contribution >= 4 is 21.5 Å². The van der Waals surface area contributed by atoms with Crippen molar-refractivity contribution in [2.24, 2.45) is 11.3 Å². The van der Waals surface area contributed by atoms with Crippen LogP contribution in [0.3, 0.4) is 0 Å². The highest BCUT2D eigenvalue weighted by atomic mass is 32.2. The van der Waals surface area contributed by atoms with E-state index in [1.54, 1.807) is 13.8 Å². The maximum Gasteiger partial charge on any atom is 0.501 e. The van der Waals surface area contributed by atoms with Crippen molar-refractivity contribution in [3.05, 3.63) is 24.0 Å². The molecule has 1 aromatic carbocycles. The van der Waals surface area contributed by atoms with Gasteiger partial charge in [-0.1, -0.05) is 0 Å². The van der Waals surface area contributed by atoms with E-state index in [2.05, 4.69) is 0 Å². The number of alkyl halides is 3. The predicted molar refractivity (Wildman–Crippen MR) is 90.4 cm³/mol. The summed E-state index contributed by atoms with van der Waals surface area (Å²) < 4.78 is 81.2. The van der Waals surface area contributed by atoms with E-state index in [9.17, 15) is 30.8 Å². The highest BCUT2D eigenvalue weighted by Gasteiger charge is 2.49. The van der Waals surface area contributed by atoms with Gasteiger partial charge >= 0.3 is 11.5 Å². The maximum atomic E-state index is 13.5. The lowest BCUT2D eigenvalue weighted by Gasteiger charge is -2.41. The Morgan fingerprint density at radius 3 is 2.44 bits per heavy atom. The van der Waals surface area contributed by atoms with Gasteiger partial charge in [0.2, 0.25) is 0 Å². The van der Waals surface area contributed by atoms with E-state index >= 15 is 0 Å². The van der Waals surface area contributed by atoms with Gasteiger partial charge in [0.15, 0.2) is 0 Å². The lowest BCUT2D eigenvalue weighted by molar-refractivity contribution is -0.154. The number of piperidine rings is 1. The number of rotatable bonds is 4. The quantitative estimate of drug-likeness (QED) is 0.560. The average molecular weight is 411 g/mol. The molecule has 1 atom stereocenters. The van der Waals surface area contributed by atoms with Crippen LogP contribution in [-0.2, 0) is 19.4 Å². The summed E-state index contributed by atoms with van der Waals surface area (Å²) >= 11 is 0. The largest absolute Gasteiger partial charge is 0.501 e. The number of hydrogen-bond donors (Lipinski definition) is 0. The number of carbonyl (C=O) groups is 1. The molecular weight excluding hydrogens is 390 g/mol. The Morgan fingerprint density at radius 2 is 1.89 bits per heavy atom. The van der Waals surface area contributed by atoms with E-state index in [1.165, 1.54) is 12.0 Å². The minimum absolute atomic E-state index is 0.147. The van der Waals surface area contributed by atoms with Crippen molar-refractivity contribution < 1.29 is 35.5 Å². The zero-order chi connectivity index (χ0) is 20.6. The summed E-state index contributed by atoms with van der Waals surface area (Å²) in [5.74, 6) is -1.81. The molecule has 0 radical (unpaired) electrons. The SMILES string of the molecule is COC(=O)C(C)(C)C1CCCN(c2ccc(F)cc2S(=O)(=O)C(F)(F)F)C1. The van der Waals surface area contributed by atoms with Crippen LogP contribution in [0, 0.1) is 17.2 Å². The molecule has 2 rings (SSSR count). The standard InChI is InChI=1S/C17H21F4NO4S/c1-16(2,15(23)26-3)11-5-4-8-22(10-11)13-7-6-12(18)9-14(13)27(24,25)17(19,20)21/h6-7,9,11H,4-5,8,10H2,1-3H3. The molecule has 1 aliphatic heterocycles. The van der Waals surface area contributed by atoms with Crippen molar-refractivity contribution in [2.45, 2.75) is 37.1 Å². The van der Waals surface area contributed by atoms with Crippen molar-refractivity contribution in [3.63, 3.8) is 0 Å². The van der Waals surface area contributed by atoms with E-state index in [0.29, 0.717) is 25.5 Å². The van der Waals surface area contributed by atoms with Crippen molar-refractivity contribution in [1.29, 1.82) is 0 Å². The molecule has 0 N–H and O–H groups in total. The Labute approximate surface area is 155 Å².